The van der Waals surface area contributed by atoms with Gasteiger partial charge in [0.25, 0.3) is 0 Å². The van der Waals surface area contributed by atoms with E-state index in [1.54, 1.807) is 4.68 Å². The zero-order valence-electron chi connectivity index (χ0n) is 8.36. The molecule has 0 amide bonds. The van der Waals surface area contributed by atoms with E-state index in [1.807, 2.05) is 44.3 Å². The van der Waals surface area contributed by atoms with Crippen molar-refractivity contribution < 1.29 is 0 Å². The largest absolute Gasteiger partial charge is 0.397 e. The van der Waals surface area contributed by atoms with Crippen LogP contribution in [0.2, 0.25) is 0 Å². The highest BCUT2D eigenvalue weighted by molar-refractivity contribution is 5.61. The predicted molar refractivity (Wildman–Crippen MR) is 57.5 cm³/mol. The van der Waals surface area contributed by atoms with Gasteiger partial charge >= 0.3 is 0 Å². The van der Waals surface area contributed by atoms with Crippen molar-refractivity contribution in [3.8, 4) is 5.69 Å². The molecule has 0 fully saturated rings. The molecule has 3 nitrogen and oxygen atoms in total. The third-order valence-corrected chi connectivity index (χ3v) is 2.27. The van der Waals surface area contributed by atoms with Crippen LogP contribution in [0.25, 0.3) is 5.69 Å². The standard InChI is InChI=1S/C11H13N3/c1-8-4-3-5-10(11(8)12)14-7-6-9(2)13-14/h3-7H,12H2,1-2H3. The topological polar surface area (TPSA) is 43.8 Å². The van der Waals surface area contributed by atoms with Crippen molar-refractivity contribution in [3.63, 3.8) is 0 Å². The first-order valence-corrected chi connectivity index (χ1v) is 4.56. The van der Waals surface area contributed by atoms with E-state index in [4.69, 9.17) is 5.73 Å². The Morgan fingerprint density at radius 2 is 2.00 bits per heavy atom. The molecule has 3 heteroatoms. The molecule has 1 heterocycles. The zero-order valence-corrected chi connectivity index (χ0v) is 8.36. The van der Waals surface area contributed by atoms with Crippen LogP contribution in [-0.2, 0) is 0 Å². The second-order valence-corrected chi connectivity index (χ2v) is 3.41. The molecular weight excluding hydrogens is 174 g/mol. The molecule has 2 N–H and O–H groups in total. The smallest absolute Gasteiger partial charge is 0.0877 e. The van der Waals surface area contributed by atoms with Gasteiger partial charge in [0.1, 0.15) is 0 Å². The quantitative estimate of drug-likeness (QED) is 0.694. The van der Waals surface area contributed by atoms with Crippen LogP contribution in [0.15, 0.2) is 30.5 Å². The number of nitrogens with two attached hydrogens (primary N) is 1. The first-order chi connectivity index (χ1) is 6.68. The third-order valence-electron chi connectivity index (χ3n) is 2.27. The summed E-state index contributed by atoms with van der Waals surface area (Å²) >= 11 is 0. The lowest BCUT2D eigenvalue weighted by atomic mass is 10.2. The highest BCUT2D eigenvalue weighted by Crippen LogP contribution is 2.19. The number of hydrogen-bond donors (Lipinski definition) is 1. The maximum absolute atomic E-state index is 5.96. The summed E-state index contributed by atoms with van der Waals surface area (Å²) in [6.07, 6.45) is 1.92. The number of aryl methyl sites for hydroxylation is 2. The lowest BCUT2D eigenvalue weighted by Gasteiger charge is -2.07. The number of anilines is 1. The Bertz CT molecular complexity index is 457. The molecule has 14 heavy (non-hydrogen) atoms. The summed E-state index contributed by atoms with van der Waals surface area (Å²) in [7, 11) is 0. The van der Waals surface area contributed by atoms with Crippen LogP contribution in [0.1, 0.15) is 11.3 Å². The van der Waals surface area contributed by atoms with Crippen LogP contribution in [0.4, 0.5) is 5.69 Å². The zero-order chi connectivity index (χ0) is 10.1. The van der Waals surface area contributed by atoms with E-state index < -0.39 is 0 Å². The second kappa shape index (κ2) is 3.18. The van der Waals surface area contributed by atoms with Gasteiger partial charge in [0.2, 0.25) is 0 Å². The molecule has 1 aromatic carbocycles. The maximum atomic E-state index is 5.96. The van der Waals surface area contributed by atoms with Crippen LogP contribution in [0, 0.1) is 13.8 Å². The molecule has 0 aliphatic rings. The Hall–Kier alpha value is -1.77. The second-order valence-electron chi connectivity index (χ2n) is 3.41. The Morgan fingerprint density at radius 3 is 2.64 bits per heavy atom. The van der Waals surface area contributed by atoms with Crippen molar-refractivity contribution in [1.29, 1.82) is 0 Å². The molecule has 0 spiro atoms. The number of rotatable bonds is 1. The average molecular weight is 187 g/mol. The number of nitrogens with zero attached hydrogens (tertiary/aromatic N) is 2. The lowest BCUT2D eigenvalue weighted by molar-refractivity contribution is 0.864. The fraction of sp³-hybridized carbons (Fsp3) is 0.182. The van der Waals surface area contributed by atoms with Crippen molar-refractivity contribution in [2.75, 3.05) is 5.73 Å². The van der Waals surface area contributed by atoms with Crippen LogP contribution in [0.3, 0.4) is 0 Å². The lowest BCUT2D eigenvalue weighted by Crippen LogP contribution is -2.01. The van der Waals surface area contributed by atoms with E-state index in [0.717, 1.165) is 22.6 Å². The molecule has 0 saturated carbocycles. The van der Waals surface area contributed by atoms with Gasteiger partial charge in [-0.1, -0.05) is 12.1 Å². The maximum Gasteiger partial charge on any atom is 0.0877 e. The molecule has 1 aromatic heterocycles. The van der Waals surface area contributed by atoms with Crippen LogP contribution in [0.5, 0.6) is 0 Å². The Kier molecular flexibility index (Phi) is 2.00. The van der Waals surface area contributed by atoms with Gasteiger partial charge in [-0.2, -0.15) is 5.10 Å². The van der Waals surface area contributed by atoms with Gasteiger partial charge in [0.15, 0.2) is 0 Å². The SMILES string of the molecule is Cc1ccn(-c2cccc(C)c2N)n1. The van der Waals surface area contributed by atoms with E-state index in [1.165, 1.54) is 0 Å². The van der Waals surface area contributed by atoms with Crippen molar-refractivity contribution in [1.82, 2.24) is 9.78 Å². The molecule has 2 rings (SSSR count). The molecule has 0 saturated heterocycles. The average Bonchev–Trinajstić information content (AvgIpc) is 2.57. The first-order valence-electron chi connectivity index (χ1n) is 4.56. The number of benzene rings is 1. The summed E-state index contributed by atoms with van der Waals surface area (Å²) in [6.45, 7) is 3.96. The van der Waals surface area contributed by atoms with Crippen molar-refractivity contribution in [2.45, 2.75) is 13.8 Å². The minimum Gasteiger partial charge on any atom is -0.397 e. The monoisotopic (exact) mass is 187 g/mol. The fourth-order valence-corrected chi connectivity index (χ4v) is 1.41. The molecule has 0 unspecified atom stereocenters. The highest BCUT2D eigenvalue weighted by atomic mass is 15.3. The van der Waals surface area contributed by atoms with Gasteiger partial charge in [0, 0.05) is 6.20 Å². The number of nitrogen functional groups attached to an aromatic ring is 1. The molecule has 0 radical (unpaired) electrons. The summed E-state index contributed by atoms with van der Waals surface area (Å²) in [5, 5.41) is 4.32. The Balaban J connectivity index is 2.57. The minimum atomic E-state index is 0.788. The van der Waals surface area contributed by atoms with E-state index >= 15 is 0 Å². The summed E-state index contributed by atoms with van der Waals surface area (Å²) < 4.78 is 1.80. The van der Waals surface area contributed by atoms with Crippen molar-refractivity contribution in [3.05, 3.63) is 41.7 Å². The highest BCUT2D eigenvalue weighted by Gasteiger charge is 2.03. The molecule has 72 valence electrons. The van der Waals surface area contributed by atoms with Gasteiger partial charge in [-0.05, 0) is 31.5 Å². The van der Waals surface area contributed by atoms with E-state index in [2.05, 4.69) is 5.10 Å². The predicted octanol–water partition coefficient (Wildman–Crippen LogP) is 2.07. The van der Waals surface area contributed by atoms with Gasteiger partial charge in [-0.15, -0.1) is 0 Å². The van der Waals surface area contributed by atoms with E-state index in [0.29, 0.717) is 0 Å². The first kappa shape index (κ1) is 8.81. The summed E-state index contributed by atoms with van der Waals surface area (Å²) in [5.41, 5.74) is 9.76. The molecule has 0 atom stereocenters. The number of para-hydroxylation sites is 1. The van der Waals surface area contributed by atoms with Gasteiger partial charge in [-0.25, -0.2) is 4.68 Å². The third kappa shape index (κ3) is 1.37. The molecule has 0 aliphatic heterocycles. The fourth-order valence-electron chi connectivity index (χ4n) is 1.41. The Labute approximate surface area is 83.2 Å². The van der Waals surface area contributed by atoms with Crippen LogP contribution in [-0.4, -0.2) is 9.78 Å². The van der Waals surface area contributed by atoms with E-state index in [-0.39, 0.29) is 0 Å². The minimum absolute atomic E-state index is 0.788. The summed E-state index contributed by atoms with van der Waals surface area (Å²) in [4.78, 5) is 0. The molecule has 2 aromatic rings. The summed E-state index contributed by atoms with van der Waals surface area (Å²) in [5.74, 6) is 0. The normalized spacial score (nSPS) is 10.4. The van der Waals surface area contributed by atoms with Crippen LogP contribution >= 0.6 is 0 Å². The van der Waals surface area contributed by atoms with Gasteiger partial charge in [0.05, 0.1) is 17.1 Å². The molecule has 0 bridgehead atoms. The van der Waals surface area contributed by atoms with Gasteiger partial charge < -0.3 is 5.73 Å². The number of hydrogen-bond acceptors (Lipinski definition) is 2. The van der Waals surface area contributed by atoms with E-state index in [9.17, 15) is 0 Å². The Morgan fingerprint density at radius 1 is 1.21 bits per heavy atom. The number of aromatic nitrogens is 2. The van der Waals surface area contributed by atoms with Crippen molar-refractivity contribution in [2.24, 2.45) is 0 Å². The van der Waals surface area contributed by atoms with Crippen molar-refractivity contribution >= 4 is 5.69 Å². The molecular formula is C11H13N3. The summed E-state index contributed by atoms with van der Waals surface area (Å²) in [6, 6.07) is 7.91. The molecule has 0 aliphatic carbocycles. The van der Waals surface area contributed by atoms with Gasteiger partial charge in [-0.3, -0.25) is 0 Å². The van der Waals surface area contributed by atoms with Crippen LogP contribution < -0.4 is 5.73 Å².